The van der Waals surface area contributed by atoms with Gasteiger partial charge in [-0.05, 0) is 23.3 Å². The molecule has 0 bridgehead atoms. The Hall–Kier alpha value is -3.10. The van der Waals surface area contributed by atoms with Crippen molar-refractivity contribution in [1.82, 2.24) is 14.9 Å². The van der Waals surface area contributed by atoms with E-state index in [2.05, 4.69) is 9.97 Å². The van der Waals surface area contributed by atoms with Crippen molar-refractivity contribution in [3.05, 3.63) is 89.8 Å². The van der Waals surface area contributed by atoms with E-state index in [1.54, 1.807) is 23.4 Å². The standard InChI is InChI=1S/C28H30F2N4O2.ClH/c1-18-14-33(15-19(2)28(18,36)20-7-4-3-5-8-20)26(35)24-17-34(27-31-11-6-12-32-27)16-23(24)22-10-9-21(29)13-25(22)30;/h3-13,18-19,23-24,36H,14-17H2,1-2H3;1H/t18-,19+,23-,24+,28?;/m0./s1. The first-order valence-corrected chi connectivity index (χ1v) is 12.3. The molecule has 2 aliphatic rings. The first kappa shape index (κ1) is 26.9. The smallest absolute Gasteiger partial charge is 0.228 e. The van der Waals surface area contributed by atoms with E-state index >= 15 is 0 Å². The van der Waals surface area contributed by atoms with Gasteiger partial charge in [0, 0.05) is 62.4 Å². The fourth-order valence-electron chi connectivity index (χ4n) is 5.98. The zero-order valence-corrected chi connectivity index (χ0v) is 21.6. The second-order valence-electron chi connectivity index (χ2n) is 10.1. The van der Waals surface area contributed by atoms with E-state index < -0.39 is 29.1 Å². The van der Waals surface area contributed by atoms with Crippen LogP contribution in [0.25, 0.3) is 0 Å². The molecule has 5 atom stereocenters. The fourth-order valence-corrected chi connectivity index (χ4v) is 5.98. The Bertz CT molecular complexity index is 1220. The number of nitrogens with zero attached hydrogens (tertiary/aromatic N) is 4. The molecule has 1 aromatic heterocycles. The van der Waals surface area contributed by atoms with Gasteiger partial charge in [0.05, 0.1) is 11.5 Å². The molecule has 3 aromatic rings. The van der Waals surface area contributed by atoms with Gasteiger partial charge in [-0.1, -0.05) is 50.2 Å². The molecule has 2 saturated heterocycles. The molecule has 0 saturated carbocycles. The second-order valence-corrected chi connectivity index (χ2v) is 10.1. The molecule has 2 aromatic carbocycles. The highest BCUT2D eigenvalue weighted by molar-refractivity contribution is 5.85. The van der Waals surface area contributed by atoms with Gasteiger partial charge in [0.15, 0.2) is 0 Å². The molecule has 1 unspecified atom stereocenters. The summed E-state index contributed by atoms with van der Waals surface area (Å²) < 4.78 is 28.5. The predicted octanol–water partition coefficient (Wildman–Crippen LogP) is 4.40. The van der Waals surface area contributed by atoms with Crippen LogP contribution in [0, 0.1) is 29.4 Å². The van der Waals surface area contributed by atoms with Crippen molar-refractivity contribution in [2.45, 2.75) is 25.4 Å². The van der Waals surface area contributed by atoms with Gasteiger partial charge in [-0.3, -0.25) is 4.79 Å². The molecule has 1 N–H and O–H groups in total. The highest BCUT2D eigenvalue weighted by Gasteiger charge is 2.49. The number of benzene rings is 2. The number of likely N-dealkylation sites (tertiary alicyclic amines) is 1. The van der Waals surface area contributed by atoms with Crippen LogP contribution in [0.2, 0.25) is 0 Å². The Labute approximate surface area is 221 Å². The maximum absolute atomic E-state index is 14.9. The van der Waals surface area contributed by atoms with Crippen molar-refractivity contribution in [3.63, 3.8) is 0 Å². The lowest BCUT2D eigenvalue weighted by molar-refractivity contribution is -0.152. The van der Waals surface area contributed by atoms with Crippen LogP contribution in [-0.4, -0.2) is 52.1 Å². The minimum atomic E-state index is -1.06. The van der Waals surface area contributed by atoms with Gasteiger partial charge in [0.2, 0.25) is 11.9 Å². The van der Waals surface area contributed by atoms with Crippen molar-refractivity contribution >= 4 is 24.3 Å². The Kier molecular flexibility index (Phi) is 7.80. The number of piperidine rings is 1. The average Bonchev–Trinajstić information content (AvgIpc) is 3.32. The molecule has 3 heterocycles. The normalized spacial score (nSPS) is 27.6. The Morgan fingerprint density at radius 1 is 0.946 bits per heavy atom. The number of aromatic nitrogens is 2. The predicted molar refractivity (Wildman–Crippen MR) is 139 cm³/mol. The molecule has 0 radical (unpaired) electrons. The molecule has 196 valence electrons. The summed E-state index contributed by atoms with van der Waals surface area (Å²) in [5.41, 5.74) is 0.101. The molecule has 1 amide bonds. The molecule has 9 heteroatoms. The van der Waals surface area contributed by atoms with Crippen LogP contribution in [0.4, 0.5) is 14.7 Å². The van der Waals surface area contributed by atoms with Gasteiger partial charge in [0.25, 0.3) is 0 Å². The summed E-state index contributed by atoms with van der Waals surface area (Å²) in [6.07, 6.45) is 3.26. The average molecular weight is 529 g/mol. The monoisotopic (exact) mass is 528 g/mol. The summed E-state index contributed by atoms with van der Waals surface area (Å²) in [6.45, 7) is 5.34. The van der Waals surface area contributed by atoms with Crippen LogP contribution in [0.15, 0.2) is 67.0 Å². The lowest BCUT2D eigenvalue weighted by atomic mass is 9.70. The quantitative estimate of drug-likeness (QED) is 0.543. The molecular weight excluding hydrogens is 498 g/mol. The minimum Gasteiger partial charge on any atom is -0.384 e. The van der Waals surface area contributed by atoms with E-state index in [1.807, 2.05) is 49.1 Å². The van der Waals surface area contributed by atoms with E-state index in [0.717, 1.165) is 11.6 Å². The Balaban J connectivity index is 0.00000320. The number of anilines is 1. The number of hydrogen-bond acceptors (Lipinski definition) is 5. The van der Waals surface area contributed by atoms with Gasteiger partial charge in [-0.15, -0.1) is 12.4 Å². The van der Waals surface area contributed by atoms with Crippen LogP contribution >= 0.6 is 12.4 Å². The first-order valence-electron chi connectivity index (χ1n) is 12.3. The van der Waals surface area contributed by atoms with Gasteiger partial charge >= 0.3 is 0 Å². The molecule has 5 rings (SSSR count). The lowest BCUT2D eigenvalue weighted by Crippen LogP contribution is -2.57. The highest BCUT2D eigenvalue weighted by Crippen LogP contribution is 2.43. The number of carbonyl (C=O) groups excluding carboxylic acids is 1. The Morgan fingerprint density at radius 3 is 2.22 bits per heavy atom. The molecule has 37 heavy (non-hydrogen) atoms. The van der Waals surface area contributed by atoms with E-state index in [0.29, 0.717) is 37.7 Å². The van der Waals surface area contributed by atoms with E-state index in [9.17, 15) is 18.7 Å². The van der Waals surface area contributed by atoms with E-state index in [-0.39, 0.29) is 30.2 Å². The first-order chi connectivity index (χ1) is 17.3. The molecule has 2 aliphatic heterocycles. The van der Waals surface area contributed by atoms with Crippen LogP contribution in [0.1, 0.15) is 30.9 Å². The van der Waals surface area contributed by atoms with E-state index in [1.165, 1.54) is 12.1 Å². The lowest BCUT2D eigenvalue weighted by Gasteiger charge is -2.48. The SMILES string of the molecule is C[C@@H]1CN(C(=O)[C@@H]2CN(c3ncccn3)C[C@H]2c2ccc(F)cc2F)C[C@H](C)C1(O)c1ccccc1.Cl. The molecule has 6 nitrogen and oxygen atoms in total. The number of hydrogen-bond donors (Lipinski definition) is 1. The number of aliphatic hydroxyl groups is 1. The molecular formula is C28H31ClF2N4O2. The van der Waals surface area contributed by atoms with Gasteiger partial charge < -0.3 is 14.9 Å². The van der Waals surface area contributed by atoms with Gasteiger partial charge in [-0.25, -0.2) is 18.7 Å². The summed E-state index contributed by atoms with van der Waals surface area (Å²) in [7, 11) is 0. The number of halogens is 3. The molecule has 2 fully saturated rings. The van der Waals surface area contributed by atoms with Crippen molar-refractivity contribution in [3.8, 4) is 0 Å². The van der Waals surface area contributed by atoms with Crippen molar-refractivity contribution < 1.29 is 18.7 Å². The highest BCUT2D eigenvalue weighted by atomic mass is 35.5. The summed E-state index contributed by atoms with van der Waals surface area (Å²) in [5, 5.41) is 11.7. The fraction of sp³-hybridized carbons (Fsp3) is 0.393. The summed E-state index contributed by atoms with van der Waals surface area (Å²) in [6, 6.07) is 14.8. The molecule has 0 spiro atoms. The maximum atomic E-state index is 14.9. The van der Waals surface area contributed by atoms with Crippen LogP contribution in [0.5, 0.6) is 0 Å². The Morgan fingerprint density at radius 2 is 1.59 bits per heavy atom. The van der Waals surface area contributed by atoms with Gasteiger partial charge in [0.1, 0.15) is 11.6 Å². The third kappa shape index (κ3) is 4.92. The number of carbonyl (C=O) groups is 1. The van der Waals surface area contributed by atoms with Gasteiger partial charge in [-0.2, -0.15) is 0 Å². The largest absolute Gasteiger partial charge is 0.384 e. The van der Waals surface area contributed by atoms with E-state index in [4.69, 9.17) is 0 Å². The second kappa shape index (κ2) is 10.7. The third-order valence-corrected chi connectivity index (χ3v) is 7.87. The van der Waals surface area contributed by atoms with Crippen LogP contribution in [0.3, 0.4) is 0 Å². The number of rotatable bonds is 4. The molecule has 0 aliphatic carbocycles. The van der Waals surface area contributed by atoms with Crippen molar-refractivity contribution in [2.75, 3.05) is 31.1 Å². The summed E-state index contributed by atoms with van der Waals surface area (Å²) in [4.78, 5) is 26.3. The van der Waals surface area contributed by atoms with Crippen molar-refractivity contribution in [2.24, 2.45) is 17.8 Å². The van der Waals surface area contributed by atoms with Crippen molar-refractivity contribution in [1.29, 1.82) is 0 Å². The third-order valence-electron chi connectivity index (χ3n) is 7.87. The zero-order valence-electron chi connectivity index (χ0n) is 20.8. The topological polar surface area (TPSA) is 69.6 Å². The van der Waals surface area contributed by atoms with Crippen LogP contribution in [-0.2, 0) is 10.4 Å². The minimum absolute atomic E-state index is 0. The zero-order chi connectivity index (χ0) is 25.4. The summed E-state index contributed by atoms with van der Waals surface area (Å²) in [5.74, 6) is -2.40. The number of amides is 1. The maximum Gasteiger partial charge on any atom is 0.228 e. The summed E-state index contributed by atoms with van der Waals surface area (Å²) >= 11 is 0. The van der Waals surface area contributed by atoms with Crippen LogP contribution < -0.4 is 4.90 Å².